The van der Waals surface area contributed by atoms with Gasteiger partial charge in [-0.2, -0.15) is 0 Å². The molecule has 0 aliphatic heterocycles. The number of aromatic nitrogens is 1. The van der Waals surface area contributed by atoms with Crippen molar-refractivity contribution in [3.63, 3.8) is 0 Å². The van der Waals surface area contributed by atoms with Crippen LogP contribution in [-0.4, -0.2) is 23.3 Å². The summed E-state index contributed by atoms with van der Waals surface area (Å²) < 4.78 is 5.22. The van der Waals surface area contributed by atoms with Crippen LogP contribution in [0.3, 0.4) is 0 Å². The predicted molar refractivity (Wildman–Crippen MR) is 112 cm³/mol. The lowest BCUT2D eigenvalue weighted by Gasteiger charge is -2.08. The van der Waals surface area contributed by atoms with Crippen LogP contribution in [0.25, 0.3) is 10.9 Å². The lowest BCUT2D eigenvalue weighted by Crippen LogP contribution is -2.02. The van der Waals surface area contributed by atoms with Crippen molar-refractivity contribution in [1.29, 1.82) is 0 Å². The topological polar surface area (TPSA) is 82.3 Å². The lowest BCUT2D eigenvalue weighted by atomic mass is 10.1. The average molecular weight is 405 g/mol. The zero-order valence-corrected chi connectivity index (χ0v) is 17.3. The summed E-state index contributed by atoms with van der Waals surface area (Å²) in [6.07, 6.45) is 7.68. The van der Waals surface area contributed by atoms with E-state index in [0.29, 0.717) is 23.5 Å². The maximum atomic E-state index is 10.4. The fourth-order valence-electron chi connectivity index (χ4n) is 2.67. The fraction of sp³-hybridized carbons (Fsp3) is 0.333. The first-order valence-electron chi connectivity index (χ1n) is 9.07. The highest BCUT2D eigenvalue weighted by Gasteiger charge is 2.17. The van der Waals surface area contributed by atoms with E-state index in [4.69, 9.17) is 16.3 Å². The van der Waals surface area contributed by atoms with Gasteiger partial charge in [0.25, 0.3) is 5.70 Å². The highest BCUT2D eigenvalue weighted by Crippen LogP contribution is 2.33. The third-order valence-electron chi connectivity index (χ3n) is 3.94. The van der Waals surface area contributed by atoms with Gasteiger partial charge in [-0.05, 0) is 50.0 Å². The molecule has 0 unspecified atom stereocenters. The summed E-state index contributed by atoms with van der Waals surface area (Å²) in [5.41, 5.74) is 2.08. The Morgan fingerprint density at radius 2 is 1.96 bits per heavy atom. The van der Waals surface area contributed by atoms with Crippen molar-refractivity contribution < 1.29 is 14.5 Å². The Balaban J connectivity index is 0.000000260. The molecule has 1 heterocycles. The van der Waals surface area contributed by atoms with E-state index in [1.165, 1.54) is 6.08 Å². The van der Waals surface area contributed by atoms with E-state index in [9.17, 15) is 14.9 Å². The van der Waals surface area contributed by atoms with Crippen LogP contribution in [0, 0.1) is 17.0 Å². The molecule has 0 saturated carbocycles. The third kappa shape index (κ3) is 5.89. The maximum absolute atomic E-state index is 10.4. The van der Waals surface area contributed by atoms with E-state index in [-0.39, 0.29) is 11.3 Å². The number of fused-ring (bicyclic) bond motifs is 1. The van der Waals surface area contributed by atoms with Gasteiger partial charge < -0.3 is 4.74 Å². The van der Waals surface area contributed by atoms with Gasteiger partial charge in [0, 0.05) is 11.6 Å². The zero-order chi connectivity index (χ0) is 21.1. The standard InChI is InChI=1S/C11H10ClNO.C8H9NO3.C2H6/c1-7-6-9(12)11(14-2)10-8(7)4-3-5-13-10;10-6-7-4-2-1-3-5-8(7)9(11)12;1-2/h3-6H,1-2H3;4-6H,1-3H2;1-2H3. The van der Waals surface area contributed by atoms with Crippen LogP contribution in [0.1, 0.15) is 38.7 Å². The Bertz CT molecular complexity index is 891. The summed E-state index contributed by atoms with van der Waals surface area (Å²) in [5, 5.41) is 12.1. The molecule has 1 aliphatic rings. The second-order valence-electron chi connectivity index (χ2n) is 5.66. The van der Waals surface area contributed by atoms with Gasteiger partial charge >= 0.3 is 0 Å². The molecule has 0 amide bonds. The number of nitrogens with zero attached hydrogens (tertiary/aromatic N) is 2. The van der Waals surface area contributed by atoms with Crippen LogP contribution in [0.5, 0.6) is 5.75 Å². The lowest BCUT2D eigenvalue weighted by molar-refractivity contribution is -0.420. The first-order valence-corrected chi connectivity index (χ1v) is 9.45. The molecule has 3 rings (SSSR count). The first kappa shape index (κ1) is 23.3. The van der Waals surface area contributed by atoms with Crippen LogP contribution in [-0.2, 0) is 4.79 Å². The van der Waals surface area contributed by atoms with Crippen molar-refractivity contribution in [3.05, 3.63) is 68.5 Å². The number of methoxy groups -OCH3 is 1. The summed E-state index contributed by atoms with van der Waals surface area (Å²) in [7, 11) is 1.60. The SMILES string of the molecule is CC.COc1c(Cl)cc(C)c2cccnc12.O=CC1=CCCCC=C1[N+](=O)[O-]. The minimum Gasteiger partial charge on any atom is -0.493 e. The third-order valence-corrected chi connectivity index (χ3v) is 4.22. The van der Waals surface area contributed by atoms with Crippen molar-refractivity contribution in [3.8, 4) is 5.75 Å². The number of hydrogen-bond donors (Lipinski definition) is 0. The largest absolute Gasteiger partial charge is 0.493 e. The number of aldehydes is 1. The number of hydrogen-bond acceptors (Lipinski definition) is 5. The molecule has 7 heteroatoms. The fourth-order valence-corrected chi connectivity index (χ4v) is 3.00. The molecule has 0 N–H and O–H groups in total. The average Bonchev–Trinajstić information content (AvgIpc) is 2.96. The van der Waals surface area contributed by atoms with Gasteiger partial charge in [-0.25, -0.2) is 0 Å². The monoisotopic (exact) mass is 404 g/mol. The van der Waals surface area contributed by atoms with E-state index in [2.05, 4.69) is 4.98 Å². The molecule has 0 bridgehead atoms. The van der Waals surface area contributed by atoms with E-state index in [1.54, 1.807) is 19.4 Å². The van der Waals surface area contributed by atoms with Crippen LogP contribution < -0.4 is 4.74 Å². The molecule has 0 atom stereocenters. The van der Waals surface area contributed by atoms with Gasteiger partial charge in [0.15, 0.2) is 12.0 Å². The summed E-state index contributed by atoms with van der Waals surface area (Å²) in [4.78, 5) is 24.6. The van der Waals surface area contributed by atoms with Crippen LogP contribution in [0.2, 0.25) is 5.02 Å². The van der Waals surface area contributed by atoms with Gasteiger partial charge in [-0.15, -0.1) is 0 Å². The van der Waals surface area contributed by atoms with Gasteiger partial charge in [0.05, 0.1) is 22.6 Å². The van der Waals surface area contributed by atoms with E-state index in [1.807, 2.05) is 39.0 Å². The van der Waals surface area contributed by atoms with Crippen molar-refractivity contribution >= 4 is 28.8 Å². The van der Waals surface area contributed by atoms with Crippen molar-refractivity contribution in [2.75, 3.05) is 7.11 Å². The Kier molecular flexibility index (Phi) is 9.88. The second-order valence-corrected chi connectivity index (χ2v) is 6.07. The molecule has 1 aliphatic carbocycles. The molecule has 1 aromatic heterocycles. The number of benzene rings is 1. The molecule has 28 heavy (non-hydrogen) atoms. The van der Waals surface area contributed by atoms with Crippen LogP contribution in [0.4, 0.5) is 0 Å². The first-order chi connectivity index (χ1) is 13.5. The highest BCUT2D eigenvalue weighted by molar-refractivity contribution is 6.33. The molecule has 1 aromatic carbocycles. The Morgan fingerprint density at radius 1 is 1.29 bits per heavy atom. The molecule has 150 valence electrons. The summed E-state index contributed by atoms with van der Waals surface area (Å²) in [6.45, 7) is 6.01. The highest BCUT2D eigenvalue weighted by atomic mass is 35.5. The Labute approximate surface area is 170 Å². The number of allylic oxidation sites excluding steroid dienone is 3. The number of carbonyl (C=O) groups excluding carboxylic acids is 1. The molecule has 0 spiro atoms. The summed E-state index contributed by atoms with van der Waals surface area (Å²) in [5.74, 6) is 0.646. The number of halogens is 1. The maximum Gasteiger partial charge on any atom is 0.275 e. The van der Waals surface area contributed by atoms with E-state index >= 15 is 0 Å². The number of pyridine rings is 1. The molecule has 0 saturated heterocycles. The van der Waals surface area contributed by atoms with Gasteiger partial charge in [0.2, 0.25) is 0 Å². The normalized spacial score (nSPS) is 12.9. The molecule has 6 nitrogen and oxygen atoms in total. The van der Waals surface area contributed by atoms with Crippen LogP contribution >= 0.6 is 11.6 Å². The Hall–Kier alpha value is -2.73. The summed E-state index contributed by atoms with van der Waals surface area (Å²) >= 11 is 6.04. The van der Waals surface area contributed by atoms with Gasteiger partial charge in [-0.3, -0.25) is 19.9 Å². The summed E-state index contributed by atoms with van der Waals surface area (Å²) in [6, 6.07) is 5.81. The number of rotatable bonds is 3. The van der Waals surface area contributed by atoms with Gasteiger partial charge in [0.1, 0.15) is 5.52 Å². The van der Waals surface area contributed by atoms with Crippen molar-refractivity contribution in [2.24, 2.45) is 0 Å². The molecular formula is C21H25ClN2O4. The molecular weight excluding hydrogens is 380 g/mol. The second kappa shape index (κ2) is 11.9. The van der Waals surface area contributed by atoms with Crippen molar-refractivity contribution in [1.82, 2.24) is 4.98 Å². The minimum atomic E-state index is -0.508. The Morgan fingerprint density at radius 3 is 2.57 bits per heavy atom. The predicted octanol–water partition coefficient (Wildman–Crippen LogP) is 5.69. The van der Waals surface area contributed by atoms with Gasteiger partial charge in [-0.1, -0.05) is 37.6 Å². The smallest absolute Gasteiger partial charge is 0.275 e. The number of ether oxygens (including phenoxy) is 1. The molecule has 0 radical (unpaired) electrons. The minimum absolute atomic E-state index is 0.0532. The number of nitro groups is 1. The van der Waals surface area contributed by atoms with Crippen molar-refractivity contribution in [2.45, 2.75) is 40.0 Å². The molecule has 0 fully saturated rings. The van der Waals surface area contributed by atoms with E-state index < -0.39 is 4.92 Å². The number of carbonyl (C=O) groups is 1. The number of aryl methyl sites for hydroxylation is 1. The van der Waals surface area contributed by atoms with E-state index in [0.717, 1.165) is 29.3 Å². The van der Waals surface area contributed by atoms with Crippen LogP contribution in [0.15, 0.2) is 47.8 Å². The zero-order valence-electron chi connectivity index (χ0n) is 16.6. The molecule has 2 aromatic rings. The quantitative estimate of drug-likeness (QED) is 0.373.